The summed E-state index contributed by atoms with van der Waals surface area (Å²) in [6, 6.07) is 12.6. The third kappa shape index (κ3) is 3.38. The summed E-state index contributed by atoms with van der Waals surface area (Å²) in [5, 5.41) is 7.85. The van der Waals surface area contributed by atoms with Crippen LogP contribution in [-0.4, -0.2) is 19.6 Å². The van der Waals surface area contributed by atoms with Gasteiger partial charge in [-0.25, -0.2) is 9.37 Å². The van der Waals surface area contributed by atoms with Gasteiger partial charge in [-0.1, -0.05) is 38.1 Å². The highest BCUT2D eigenvalue weighted by Crippen LogP contribution is 2.22. The molecule has 5 nitrogen and oxygen atoms in total. The molecule has 0 saturated carbocycles. The molecule has 0 radical (unpaired) electrons. The minimum absolute atomic E-state index is 0.317. The van der Waals surface area contributed by atoms with E-state index in [1.54, 1.807) is 18.5 Å². The molecule has 0 fully saturated rings. The second kappa shape index (κ2) is 7.15. The molecule has 4 rings (SSSR count). The van der Waals surface area contributed by atoms with E-state index < -0.39 is 0 Å². The van der Waals surface area contributed by atoms with E-state index in [-0.39, 0.29) is 5.82 Å². The summed E-state index contributed by atoms with van der Waals surface area (Å²) in [7, 11) is 0. The molecule has 0 amide bonds. The summed E-state index contributed by atoms with van der Waals surface area (Å²) in [6.45, 7) is 4.89. The molecule has 3 heterocycles. The van der Waals surface area contributed by atoms with E-state index in [1.165, 1.54) is 6.07 Å². The van der Waals surface area contributed by atoms with E-state index in [1.807, 2.05) is 41.0 Å². The molecule has 0 aliphatic carbocycles. The zero-order valence-corrected chi connectivity index (χ0v) is 15.2. The summed E-state index contributed by atoms with van der Waals surface area (Å²) < 4.78 is 15.7. The average Bonchev–Trinajstić information content (AvgIpc) is 3.12. The lowest BCUT2D eigenvalue weighted by molar-refractivity contribution is 0.626. The van der Waals surface area contributed by atoms with Crippen LogP contribution in [0.3, 0.4) is 0 Å². The van der Waals surface area contributed by atoms with E-state index in [0.717, 1.165) is 28.2 Å². The first kappa shape index (κ1) is 17.1. The molecule has 0 unspecified atom stereocenters. The van der Waals surface area contributed by atoms with Gasteiger partial charge in [0.15, 0.2) is 5.65 Å². The second-order valence-electron chi connectivity index (χ2n) is 6.70. The molecule has 0 atom stereocenters. The SMILES string of the molecule is CC(C)c1cnn2c(NCc3ccc(-c4ncccc4F)cc3)ccnc12. The summed E-state index contributed by atoms with van der Waals surface area (Å²) in [5.41, 5.74) is 4.20. The van der Waals surface area contributed by atoms with Crippen LogP contribution in [0, 0.1) is 5.82 Å². The van der Waals surface area contributed by atoms with Crippen LogP contribution in [0.25, 0.3) is 16.9 Å². The molecule has 1 aromatic carbocycles. The first-order valence-corrected chi connectivity index (χ1v) is 8.90. The number of anilines is 1. The Morgan fingerprint density at radius 3 is 2.59 bits per heavy atom. The van der Waals surface area contributed by atoms with Gasteiger partial charge in [0.1, 0.15) is 17.3 Å². The Balaban J connectivity index is 1.53. The van der Waals surface area contributed by atoms with Gasteiger partial charge in [-0.3, -0.25) is 4.98 Å². The molecule has 3 aromatic heterocycles. The number of hydrogen-bond acceptors (Lipinski definition) is 4. The zero-order valence-electron chi connectivity index (χ0n) is 15.2. The molecule has 0 bridgehead atoms. The number of halogens is 1. The molecule has 1 N–H and O–H groups in total. The highest BCUT2D eigenvalue weighted by atomic mass is 19.1. The largest absolute Gasteiger partial charge is 0.366 e. The Morgan fingerprint density at radius 2 is 1.85 bits per heavy atom. The topological polar surface area (TPSA) is 55.1 Å². The van der Waals surface area contributed by atoms with Crippen LogP contribution in [0.5, 0.6) is 0 Å². The van der Waals surface area contributed by atoms with Crippen LogP contribution >= 0.6 is 0 Å². The Bertz CT molecular complexity index is 1070. The van der Waals surface area contributed by atoms with E-state index in [4.69, 9.17) is 0 Å². The summed E-state index contributed by atoms with van der Waals surface area (Å²) in [4.78, 5) is 8.56. The average molecular weight is 361 g/mol. The minimum atomic E-state index is -0.317. The number of hydrogen-bond donors (Lipinski definition) is 1. The van der Waals surface area contributed by atoms with Crippen molar-refractivity contribution in [2.24, 2.45) is 0 Å². The van der Waals surface area contributed by atoms with Crippen molar-refractivity contribution in [1.29, 1.82) is 0 Å². The Kier molecular flexibility index (Phi) is 4.54. The molecule has 0 spiro atoms. The van der Waals surface area contributed by atoms with Crippen LogP contribution in [0.2, 0.25) is 0 Å². The van der Waals surface area contributed by atoms with Gasteiger partial charge in [0, 0.05) is 30.1 Å². The standard InChI is InChI=1S/C21H20FN5/c1-14(2)17-13-26-27-19(9-11-24-21(17)27)25-12-15-5-7-16(8-6-15)20-18(22)4-3-10-23-20/h3-11,13-14,25H,12H2,1-2H3. The summed E-state index contributed by atoms with van der Waals surface area (Å²) in [5.74, 6) is 0.929. The van der Waals surface area contributed by atoms with Gasteiger partial charge < -0.3 is 5.32 Å². The molecular weight excluding hydrogens is 341 g/mol. The van der Waals surface area contributed by atoms with Crippen molar-refractivity contribution in [3.8, 4) is 11.3 Å². The third-order valence-electron chi connectivity index (χ3n) is 4.51. The highest BCUT2D eigenvalue weighted by molar-refractivity contribution is 5.60. The van der Waals surface area contributed by atoms with Crippen molar-refractivity contribution in [3.05, 3.63) is 78.0 Å². The van der Waals surface area contributed by atoms with E-state index >= 15 is 0 Å². The van der Waals surface area contributed by atoms with E-state index in [2.05, 4.69) is 34.2 Å². The number of fused-ring (bicyclic) bond motifs is 1. The van der Waals surface area contributed by atoms with Gasteiger partial charge in [0.25, 0.3) is 0 Å². The number of nitrogens with one attached hydrogen (secondary N) is 1. The van der Waals surface area contributed by atoms with E-state index in [0.29, 0.717) is 18.2 Å². The van der Waals surface area contributed by atoms with Gasteiger partial charge in [-0.2, -0.15) is 9.61 Å². The fourth-order valence-corrected chi connectivity index (χ4v) is 3.02. The van der Waals surface area contributed by atoms with Gasteiger partial charge in [-0.15, -0.1) is 0 Å². The Morgan fingerprint density at radius 1 is 1.04 bits per heavy atom. The smallest absolute Gasteiger partial charge is 0.160 e. The predicted molar refractivity (Wildman–Crippen MR) is 104 cm³/mol. The van der Waals surface area contributed by atoms with Crippen molar-refractivity contribution in [3.63, 3.8) is 0 Å². The zero-order chi connectivity index (χ0) is 18.8. The molecule has 27 heavy (non-hydrogen) atoms. The maximum atomic E-state index is 13.9. The van der Waals surface area contributed by atoms with Crippen LogP contribution < -0.4 is 5.32 Å². The molecule has 0 aliphatic rings. The molecule has 136 valence electrons. The number of pyridine rings is 1. The summed E-state index contributed by atoms with van der Waals surface area (Å²) >= 11 is 0. The molecule has 6 heteroatoms. The number of aromatic nitrogens is 4. The van der Waals surface area contributed by atoms with Crippen LogP contribution in [0.15, 0.2) is 61.1 Å². The predicted octanol–water partition coefficient (Wildman–Crippen LogP) is 4.67. The first-order valence-electron chi connectivity index (χ1n) is 8.90. The lowest BCUT2D eigenvalue weighted by Gasteiger charge is -2.10. The lowest BCUT2D eigenvalue weighted by Crippen LogP contribution is -2.06. The molecule has 4 aromatic rings. The van der Waals surface area contributed by atoms with Crippen molar-refractivity contribution in [2.45, 2.75) is 26.3 Å². The number of nitrogens with zero attached hydrogens (tertiary/aromatic N) is 4. The fourth-order valence-electron chi connectivity index (χ4n) is 3.02. The van der Waals surface area contributed by atoms with Crippen molar-refractivity contribution < 1.29 is 4.39 Å². The quantitative estimate of drug-likeness (QED) is 0.561. The van der Waals surface area contributed by atoms with Crippen molar-refractivity contribution in [2.75, 3.05) is 5.32 Å². The van der Waals surface area contributed by atoms with Crippen LogP contribution in [-0.2, 0) is 6.54 Å². The molecular formula is C21H20FN5. The summed E-state index contributed by atoms with van der Waals surface area (Å²) in [6.07, 6.45) is 5.25. The number of benzene rings is 1. The Labute approximate surface area is 156 Å². The van der Waals surface area contributed by atoms with Crippen molar-refractivity contribution >= 4 is 11.5 Å². The Hall–Kier alpha value is -3.28. The maximum Gasteiger partial charge on any atom is 0.160 e. The van der Waals surface area contributed by atoms with Crippen molar-refractivity contribution in [1.82, 2.24) is 19.6 Å². The first-order chi connectivity index (χ1) is 13.1. The monoisotopic (exact) mass is 361 g/mol. The maximum absolute atomic E-state index is 13.9. The third-order valence-corrected chi connectivity index (χ3v) is 4.51. The van der Waals surface area contributed by atoms with Crippen LogP contribution in [0.4, 0.5) is 10.2 Å². The van der Waals surface area contributed by atoms with Gasteiger partial charge >= 0.3 is 0 Å². The molecule has 0 saturated heterocycles. The highest BCUT2D eigenvalue weighted by Gasteiger charge is 2.11. The lowest BCUT2D eigenvalue weighted by atomic mass is 10.1. The van der Waals surface area contributed by atoms with Gasteiger partial charge in [0.05, 0.1) is 6.20 Å². The number of rotatable bonds is 5. The second-order valence-corrected chi connectivity index (χ2v) is 6.70. The molecule has 0 aliphatic heterocycles. The van der Waals surface area contributed by atoms with Crippen LogP contribution in [0.1, 0.15) is 30.9 Å². The minimum Gasteiger partial charge on any atom is -0.366 e. The van der Waals surface area contributed by atoms with Gasteiger partial charge in [0.2, 0.25) is 0 Å². The van der Waals surface area contributed by atoms with E-state index in [9.17, 15) is 4.39 Å². The normalized spacial score (nSPS) is 11.3. The van der Waals surface area contributed by atoms with Gasteiger partial charge in [-0.05, 0) is 29.7 Å². The fraction of sp³-hybridized carbons (Fsp3) is 0.190.